The Hall–Kier alpha value is -2.83. The SMILES string of the molecule is O=C1CCC(c2noc3ccc4cc(OC(F)F)ccc4c23)C(=O)C1. The van der Waals surface area contributed by atoms with Crippen LogP contribution in [0.2, 0.25) is 0 Å². The molecule has 1 atom stereocenters. The van der Waals surface area contributed by atoms with Crippen molar-refractivity contribution in [2.45, 2.75) is 31.8 Å². The Kier molecular flexibility index (Phi) is 3.71. The van der Waals surface area contributed by atoms with Gasteiger partial charge >= 0.3 is 6.61 Å². The van der Waals surface area contributed by atoms with Crippen molar-refractivity contribution in [2.75, 3.05) is 0 Å². The van der Waals surface area contributed by atoms with E-state index in [4.69, 9.17) is 4.52 Å². The monoisotopic (exact) mass is 345 g/mol. The minimum Gasteiger partial charge on any atom is -0.435 e. The molecule has 4 rings (SSSR count). The van der Waals surface area contributed by atoms with E-state index in [-0.39, 0.29) is 23.7 Å². The molecule has 1 aliphatic carbocycles. The molecule has 0 bridgehead atoms. The number of ether oxygens (including phenoxy) is 1. The van der Waals surface area contributed by atoms with Gasteiger partial charge in [0.25, 0.3) is 0 Å². The summed E-state index contributed by atoms with van der Waals surface area (Å²) in [6.45, 7) is -2.90. The van der Waals surface area contributed by atoms with Crippen LogP contribution >= 0.6 is 0 Å². The summed E-state index contributed by atoms with van der Waals surface area (Å²) in [6.07, 6.45) is 0.653. The van der Waals surface area contributed by atoms with Crippen LogP contribution in [0.15, 0.2) is 34.9 Å². The number of Topliss-reactive ketones (excluding diaryl/α,β-unsaturated/α-hetero) is 2. The van der Waals surface area contributed by atoms with Crippen LogP contribution in [0.25, 0.3) is 21.7 Å². The van der Waals surface area contributed by atoms with Gasteiger partial charge in [-0.1, -0.05) is 11.2 Å². The van der Waals surface area contributed by atoms with Gasteiger partial charge in [-0.05, 0) is 41.5 Å². The molecule has 2 aromatic carbocycles. The summed E-state index contributed by atoms with van der Waals surface area (Å²) >= 11 is 0. The van der Waals surface area contributed by atoms with Crippen LogP contribution in [0.5, 0.6) is 5.75 Å². The second kappa shape index (κ2) is 5.91. The number of hydrogen-bond acceptors (Lipinski definition) is 5. The Bertz CT molecular complexity index is 995. The zero-order valence-corrected chi connectivity index (χ0v) is 13.0. The molecule has 0 spiro atoms. The summed E-state index contributed by atoms with van der Waals surface area (Å²) in [5.74, 6) is -0.658. The van der Waals surface area contributed by atoms with Gasteiger partial charge in [0.1, 0.15) is 23.0 Å². The number of carbonyl (C=O) groups is 2. The molecule has 1 saturated carbocycles. The number of rotatable bonds is 3. The Balaban J connectivity index is 1.84. The molecular weight excluding hydrogens is 332 g/mol. The van der Waals surface area contributed by atoms with Gasteiger partial charge in [-0.3, -0.25) is 9.59 Å². The van der Waals surface area contributed by atoms with Gasteiger partial charge in [0.15, 0.2) is 5.58 Å². The molecule has 0 amide bonds. The lowest BCUT2D eigenvalue weighted by atomic mass is 9.83. The maximum absolute atomic E-state index is 12.4. The van der Waals surface area contributed by atoms with Gasteiger partial charge < -0.3 is 9.26 Å². The molecule has 128 valence electrons. The molecule has 1 fully saturated rings. The number of ketones is 2. The number of halogens is 2. The smallest absolute Gasteiger partial charge is 0.387 e. The summed E-state index contributed by atoms with van der Waals surface area (Å²) in [5, 5.41) is 6.14. The summed E-state index contributed by atoms with van der Waals surface area (Å²) in [7, 11) is 0. The molecule has 0 radical (unpaired) electrons. The van der Waals surface area contributed by atoms with Crippen LogP contribution in [0, 0.1) is 0 Å². The van der Waals surface area contributed by atoms with Crippen molar-refractivity contribution in [3.05, 3.63) is 36.0 Å². The molecule has 1 unspecified atom stereocenters. The third-order valence-electron chi connectivity index (χ3n) is 4.48. The number of aromatic nitrogens is 1. The van der Waals surface area contributed by atoms with Crippen LogP contribution < -0.4 is 4.74 Å². The van der Waals surface area contributed by atoms with E-state index in [9.17, 15) is 18.4 Å². The van der Waals surface area contributed by atoms with Crippen molar-refractivity contribution >= 4 is 33.3 Å². The maximum atomic E-state index is 12.4. The number of carbonyl (C=O) groups excluding carboxylic acids is 2. The number of alkyl halides is 2. The third-order valence-corrected chi connectivity index (χ3v) is 4.48. The van der Waals surface area contributed by atoms with Crippen molar-refractivity contribution in [3.63, 3.8) is 0 Å². The molecule has 1 aromatic heterocycles. The van der Waals surface area contributed by atoms with E-state index in [1.165, 1.54) is 12.1 Å². The Morgan fingerprint density at radius 2 is 2.04 bits per heavy atom. The number of fused-ring (bicyclic) bond motifs is 3. The topological polar surface area (TPSA) is 69.4 Å². The average molecular weight is 345 g/mol. The van der Waals surface area contributed by atoms with E-state index < -0.39 is 12.5 Å². The maximum Gasteiger partial charge on any atom is 0.387 e. The van der Waals surface area contributed by atoms with Gasteiger partial charge in [0.2, 0.25) is 0 Å². The Morgan fingerprint density at radius 1 is 1.20 bits per heavy atom. The minimum absolute atomic E-state index is 0.0548. The van der Waals surface area contributed by atoms with Crippen molar-refractivity contribution in [1.82, 2.24) is 5.16 Å². The quantitative estimate of drug-likeness (QED) is 0.672. The first-order valence-electron chi connectivity index (χ1n) is 7.84. The van der Waals surface area contributed by atoms with E-state index >= 15 is 0 Å². The minimum atomic E-state index is -2.90. The predicted molar refractivity (Wildman–Crippen MR) is 84.8 cm³/mol. The predicted octanol–water partition coefficient (Wildman–Crippen LogP) is 3.99. The number of nitrogens with zero attached hydrogens (tertiary/aromatic N) is 1. The standard InChI is InChI=1S/C18H13F2NO4/c19-18(20)24-11-3-5-12-9(7-11)1-6-15-16(12)17(21-25-15)13-4-2-10(22)8-14(13)23/h1,3,5-7,13,18H,2,4,8H2. The highest BCUT2D eigenvalue weighted by atomic mass is 19.3. The highest BCUT2D eigenvalue weighted by Gasteiger charge is 2.32. The molecular formula is C18H13F2NO4. The fraction of sp³-hybridized carbons (Fsp3) is 0.278. The molecule has 5 nitrogen and oxygen atoms in total. The van der Waals surface area contributed by atoms with E-state index in [2.05, 4.69) is 9.89 Å². The third kappa shape index (κ3) is 2.75. The lowest BCUT2D eigenvalue weighted by Crippen LogP contribution is -2.23. The molecule has 25 heavy (non-hydrogen) atoms. The lowest BCUT2D eigenvalue weighted by molar-refractivity contribution is -0.130. The van der Waals surface area contributed by atoms with Crippen LogP contribution in [0.3, 0.4) is 0 Å². The zero-order chi connectivity index (χ0) is 17.6. The number of hydrogen-bond donors (Lipinski definition) is 0. The van der Waals surface area contributed by atoms with Crippen molar-refractivity contribution < 1.29 is 27.6 Å². The van der Waals surface area contributed by atoms with Crippen LogP contribution in [0.1, 0.15) is 30.9 Å². The summed E-state index contributed by atoms with van der Waals surface area (Å²) in [5.41, 5.74) is 1.01. The molecule has 0 N–H and O–H groups in total. The van der Waals surface area contributed by atoms with Crippen molar-refractivity contribution in [1.29, 1.82) is 0 Å². The summed E-state index contributed by atoms with van der Waals surface area (Å²) in [6, 6.07) is 7.99. The zero-order valence-electron chi connectivity index (χ0n) is 13.0. The van der Waals surface area contributed by atoms with Crippen LogP contribution in [-0.2, 0) is 9.59 Å². The normalized spacial score (nSPS) is 18.4. The number of benzene rings is 2. The van der Waals surface area contributed by atoms with Crippen molar-refractivity contribution in [3.8, 4) is 5.75 Å². The van der Waals surface area contributed by atoms with Gasteiger partial charge in [-0.2, -0.15) is 8.78 Å². The van der Waals surface area contributed by atoms with E-state index in [0.717, 1.165) is 5.39 Å². The van der Waals surface area contributed by atoms with E-state index in [0.29, 0.717) is 34.9 Å². The summed E-state index contributed by atoms with van der Waals surface area (Å²) < 4.78 is 34.6. The highest BCUT2D eigenvalue weighted by Crippen LogP contribution is 2.37. The molecule has 3 aromatic rings. The molecule has 7 heteroatoms. The Labute approximate surface area is 140 Å². The van der Waals surface area contributed by atoms with Gasteiger partial charge in [0.05, 0.1) is 17.7 Å². The Morgan fingerprint density at radius 3 is 2.80 bits per heavy atom. The fourth-order valence-electron chi connectivity index (χ4n) is 3.35. The average Bonchev–Trinajstić information content (AvgIpc) is 2.98. The molecule has 0 saturated heterocycles. The fourth-order valence-corrected chi connectivity index (χ4v) is 3.35. The lowest BCUT2D eigenvalue weighted by Gasteiger charge is -2.18. The second-order valence-electron chi connectivity index (χ2n) is 6.04. The van der Waals surface area contributed by atoms with E-state index in [1.807, 2.05) is 0 Å². The first-order valence-corrected chi connectivity index (χ1v) is 7.84. The molecule has 0 aliphatic heterocycles. The largest absolute Gasteiger partial charge is 0.435 e. The van der Waals surface area contributed by atoms with Crippen LogP contribution in [0.4, 0.5) is 8.78 Å². The van der Waals surface area contributed by atoms with Gasteiger partial charge in [-0.25, -0.2) is 0 Å². The highest BCUT2D eigenvalue weighted by molar-refractivity contribution is 6.11. The van der Waals surface area contributed by atoms with Crippen LogP contribution in [-0.4, -0.2) is 23.3 Å². The first kappa shape index (κ1) is 15.7. The van der Waals surface area contributed by atoms with Gasteiger partial charge in [-0.15, -0.1) is 0 Å². The summed E-state index contributed by atoms with van der Waals surface area (Å²) in [4.78, 5) is 23.7. The molecule has 1 aliphatic rings. The second-order valence-corrected chi connectivity index (χ2v) is 6.04. The van der Waals surface area contributed by atoms with E-state index in [1.54, 1.807) is 18.2 Å². The van der Waals surface area contributed by atoms with Gasteiger partial charge in [0, 0.05) is 6.42 Å². The van der Waals surface area contributed by atoms with Crippen molar-refractivity contribution in [2.24, 2.45) is 0 Å². The first-order chi connectivity index (χ1) is 12.0. The molecule has 1 heterocycles.